The molecule has 5 nitrogen and oxygen atoms in total. The third-order valence-electron chi connectivity index (χ3n) is 3.74. The van der Waals surface area contributed by atoms with E-state index in [0.717, 1.165) is 19.5 Å². The molecule has 0 atom stereocenters. The molecule has 1 aliphatic rings. The minimum Gasteiger partial charge on any atom is -0.344 e. The molecule has 2 aromatic heterocycles. The summed E-state index contributed by atoms with van der Waals surface area (Å²) in [5.41, 5.74) is 1.86. The van der Waals surface area contributed by atoms with Crippen molar-refractivity contribution in [2.45, 2.75) is 13.0 Å². The molecule has 2 heterocycles. The van der Waals surface area contributed by atoms with Gasteiger partial charge in [0.15, 0.2) is 5.78 Å². The summed E-state index contributed by atoms with van der Waals surface area (Å²) < 4.78 is 1.89. The fourth-order valence-electron chi connectivity index (χ4n) is 2.70. The number of aryl methyl sites for hydroxylation is 1. The van der Waals surface area contributed by atoms with Crippen molar-refractivity contribution in [2.24, 2.45) is 0 Å². The molecule has 5 heteroatoms. The lowest BCUT2D eigenvalue weighted by Gasteiger charge is -2.17. The summed E-state index contributed by atoms with van der Waals surface area (Å²) in [4.78, 5) is 31.1. The molecule has 0 amide bonds. The van der Waals surface area contributed by atoms with Gasteiger partial charge in [0.1, 0.15) is 5.69 Å². The van der Waals surface area contributed by atoms with E-state index in [2.05, 4.69) is 9.88 Å². The van der Waals surface area contributed by atoms with Crippen LogP contribution in [0, 0.1) is 0 Å². The largest absolute Gasteiger partial charge is 0.344 e. The molecule has 2 aromatic rings. The summed E-state index contributed by atoms with van der Waals surface area (Å²) in [6.45, 7) is 1.67. The van der Waals surface area contributed by atoms with Crippen LogP contribution in [0.4, 0.5) is 0 Å². The molecule has 108 valence electrons. The highest BCUT2D eigenvalue weighted by Crippen LogP contribution is 2.27. The number of ketones is 2. The first kappa shape index (κ1) is 13.7. The molecule has 0 radical (unpaired) electrons. The van der Waals surface area contributed by atoms with Gasteiger partial charge in [0.2, 0.25) is 5.78 Å². The van der Waals surface area contributed by atoms with Crippen molar-refractivity contribution >= 4 is 11.6 Å². The van der Waals surface area contributed by atoms with Gasteiger partial charge in [-0.3, -0.25) is 14.6 Å². The van der Waals surface area contributed by atoms with Gasteiger partial charge >= 0.3 is 0 Å². The van der Waals surface area contributed by atoms with E-state index in [9.17, 15) is 9.59 Å². The second kappa shape index (κ2) is 5.26. The Labute approximate surface area is 123 Å². The quantitative estimate of drug-likeness (QED) is 0.730. The van der Waals surface area contributed by atoms with Gasteiger partial charge < -0.3 is 9.47 Å². The minimum atomic E-state index is -0.112. The smallest absolute Gasteiger partial charge is 0.210 e. The Balaban J connectivity index is 1.95. The molecule has 3 rings (SSSR count). The zero-order chi connectivity index (χ0) is 15.0. The molecule has 0 saturated carbocycles. The number of pyridine rings is 1. The van der Waals surface area contributed by atoms with Crippen molar-refractivity contribution in [3.05, 3.63) is 53.1 Å². The summed E-state index contributed by atoms with van der Waals surface area (Å²) in [6, 6.07) is 3.36. The maximum Gasteiger partial charge on any atom is 0.210 e. The molecule has 0 N–H and O–H groups in total. The molecule has 0 aromatic carbocycles. The van der Waals surface area contributed by atoms with Crippen LogP contribution in [-0.4, -0.2) is 46.7 Å². The summed E-state index contributed by atoms with van der Waals surface area (Å²) in [7, 11) is 4.03. The van der Waals surface area contributed by atoms with E-state index >= 15 is 0 Å². The average molecular weight is 283 g/mol. The monoisotopic (exact) mass is 283 g/mol. The zero-order valence-corrected chi connectivity index (χ0v) is 12.2. The third kappa shape index (κ3) is 2.29. The number of nitrogens with zero attached hydrogens (tertiary/aromatic N) is 3. The van der Waals surface area contributed by atoms with E-state index in [1.165, 1.54) is 6.20 Å². The van der Waals surface area contributed by atoms with Crippen molar-refractivity contribution in [2.75, 3.05) is 20.6 Å². The molecular formula is C16H17N3O2. The lowest BCUT2D eigenvalue weighted by atomic mass is 9.89. The first-order valence-corrected chi connectivity index (χ1v) is 6.97. The Morgan fingerprint density at radius 2 is 1.90 bits per heavy atom. The second-order valence-corrected chi connectivity index (χ2v) is 5.51. The van der Waals surface area contributed by atoms with Gasteiger partial charge in [-0.05, 0) is 39.2 Å². The van der Waals surface area contributed by atoms with Gasteiger partial charge in [-0.25, -0.2) is 0 Å². The summed E-state index contributed by atoms with van der Waals surface area (Å²) >= 11 is 0. The fraction of sp³-hybridized carbons (Fsp3) is 0.312. The van der Waals surface area contributed by atoms with Crippen LogP contribution in [0.2, 0.25) is 0 Å². The number of carbonyl (C=O) groups excluding carboxylic acids is 2. The summed E-state index contributed by atoms with van der Waals surface area (Å²) in [6.07, 6.45) is 5.78. The van der Waals surface area contributed by atoms with Gasteiger partial charge in [-0.15, -0.1) is 0 Å². The van der Waals surface area contributed by atoms with Crippen LogP contribution in [0.5, 0.6) is 0 Å². The SMILES string of the molecule is CN(C)CCCn1ccc2c1C(=O)c1ccncc1C2=O. The Morgan fingerprint density at radius 3 is 2.67 bits per heavy atom. The topological polar surface area (TPSA) is 55.2 Å². The van der Waals surface area contributed by atoms with Crippen LogP contribution in [0.25, 0.3) is 0 Å². The number of hydrogen-bond donors (Lipinski definition) is 0. The third-order valence-corrected chi connectivity index (χ3v) is 3.74. The number of carbonyl (C=O) groups is 2. The maximum atomic E-state index is 12.6. The lowest BCUT2D eigenvalue weighted by molar-refractivity contribution is 0.0973. The molecule has 0 saturated heterocycles. The van der Waals surface area contributed by atoms with E-state index in [0.29, 0.717) is 22.4 Å². The molecule has 0 fully saturated rings. The Morgan fingerprint density at radius 1 is 1.10 bits per heavy atom. The highest BCUT2D eigenvalue weighted by Gasteiger charge is 2.32. The number of fused-ring (bicyclic) bond motifs is 2. The number of aromatic nitrogens is 2. The maximum absolute atomic E-state index is 12.6. The minimum absolute atomic E-state index is 0.0862. The van der Waals surface area contributed by atoms with Gasteiger partial charge in [-0.2, -0.15) is 0 Å². The van der Waals surface area contributed by atoms with Gasteiger partial charge in [-0.1, -0.05) is 0 Å². The summed E-state index contributed by atoms with van der Waals surface area (Å²) in [5.74, 6) is -0.198. The molecule has 0 spiro atoms. The zero-order valence-electron chi connectivity index (χ0n) is 12.2. The Bertz CT molecular complexity index is 716. The van der Waals surface area contributed by atoms with Crippen molar-refractivity contribution in [3.8, 4) is 0 Å². The highest BCUT2D eigenvalue weighted by atomic mass is 16.1. The number of rotatable bonds is 4. The predicted octanol–water partition coefficient (Wildman–Crippen LogP) is 1.61. The lowest BCUT2D eigenvalue weighted by Crippen LogP contribution is -2.23. The van der Waals surface area contributed by atoms with Gasteiger partial charge in [0.25, 0.3) is 0 Å². The van der Waals surface area contributed by atoms with E-state index < -0.39 is 0 Å². The van der Waals surface area contributed by atoms with E-state index in [1.807, 2.05) is 24.9 Å². The Kier molecular flexibility index (Phi) is 3.43. The van der Waals surface area contributed by atoms with Crippen molar-refractivity contribution in [1.29, 1.82) is 0 Å². The van der Waals surface area contributed by atoms with Crippen molar-refractivity contribution in [3.63, 3.8) is 0 Å². The second-order valence-electron chi connectivity index (χ2n) is 5.51. The molecule has 0 bridgehead atoms. The standard InChI is InChI=1S/C16H17N3O2/c1-18(2)7-3-8-19-9-5-12-14(19)16(21)11-4-6-17-10-13(11)15(12)20/h4-6,9-10H,3,7-8H2,1-2H3. The van der Waals surface area contributed by atoms with E-state index in [1.54, 1.807) is 18.3 Å². The molecule has 1 aliphatic carbocycles. The first-order valence-electron chi connectivity index (χ1n) is 6.97. The van der Waals surface area contributed by atoms with E-state index in [4.69, 9.17) is 0 Å². The molecule has 0 aliphatic heterocycles. The van der Waals surface area contributed by atoms with E-state index in [-0.39, 0.29) is 11.6 Å². The van der Waals surface area contributed by atoms with Crippen LogP contribution in [0.15, 0.2) is 30.7 Å². The molecule has 21 heavy (non-hydrogen) atoms. The van der Waals surface area contributed by atoms with Gasteiger partial charge in [0, 0.05) is 30.7 Å². The highest BCUT2D eigenvalue weighted by molar-refractivity contribution is 6.27. The fourth-order valence-corrected chi connectivity index (χ4v) is 2.70. The van der Waals surface area contributed by atoms with Crippen molar-refractivity contribution < 1.29 is 9.59 Å². The van der Waals surface area contributed by atoms with Crippen LogP contribution >= 0.6 is 0 Å². The Hall–Kier alpha value is -2.27. The molecular weight excluding hydrogens is 266 g/mol. The van der Waals surface area contributed by atoms with Crippen LogP contribution in [-0.2, 0) is 6.54 Å². The summed E-state index contributed by atoms with van der Waals surface area (Å²) in [5, 5.41) is 0. The number of hydrogen-bond acceptors (Lipinski definition) is 4. The van der Waals surface area contributed by atoms with Crippen LogP contribution < -0.4 is 0 Å². The predicted molar refractivity (Wildman–Crippen MR) is 78.7 cm³/mol. The first-order chi connectivity index (χ1) is 10.1. The average Bonchev–Trinajstić information content (AvgIpc) is 2.89. The normalized spacial score (nSPS) is 13.5. The van der Waals surface area contributed by atoms with Crippen LogP contribution in [0.3, 0.4) is 0 Å². The molecule has 0 unspecified atom stereocenters. The van der Waals surface area contributed by atoms with Crippen LogP contribution in [0.1, 0.15) is 38.4 Å². The van der Waals surface area contributed by atoms with Gasteiger partial charge in [0.05, 0.1) is 11.1 Å². The van der Waals surface area contributed by atoms with Crippen molar-refractivity contribution in [1.82, 2.24) is 14.5 Å².